The molecule has 0 saturated carbocycles. The molecule has 3 nitrogen and oxygen atoms in total. The fourth-order valence-electron chi connectivity index (χ4n) is 11.1. The van der Waals surface area contributed by atoms with Crippen LogP contribution in [0.3, 0.4) is 0 Å². The summed E-state index contributed by atoms with van der Waals surface area (Å²) in [5.41, 5.74) is 19.9. The number of nitrogens with zero attached hydrogens (tertiary/aromatic N) is 3. The first-order chi connectivity index (χ1) is 34.3. The normalized spacial score (nSPS) is 12.5. The van der Waals surface area contributed by atoms with Crippen molar-refractivity contribution in [3.63, 3.8) is 0 Å². The zero-order chi connectivity index (χ0) is 45.7. The van der Waals surface area contributed by atoms with E-state index in [-0.39, 0.29) is 0 Å². The van der Waals surface area contributed by atoms with Crippen LogP contribution in [0, 0.1) is 0 Å². The summed E-state index contributed by atoms with van der Waals surface area (Å²) in [6.07, 6.45) is 0. The van der Waals surface area contributed by atoms with Gasteiger partial charge in [0.1, 0.15) is 5.69 Å². The highest BCUT2D eigenvalue weighted by Crippen LogP contribution is 2.59. The van der Waals surface area contributed by atoms with Crippen molar-refractivity contribution in [3.05, 3.63) is 295 Å². The third-order valence-electron chi connectivity index (χ3n) is 14.0. The summed E-state index contributed by atoms with van der Waals surface area (Å²) in [6, 6.07) is 99.2. The number of aromatic nitrogens is 2. The molecule has 10 aromatic carbocycles. The topological polar surface area (TPSA) is 20.5 Å². The Hall–Kier alpha value is -9.05. The molecule has 0 spiro atoms. The van der Waals surface area contributed by atoms with Crippen LogP contribution < -0.4 is 4.90 Å². The maximum atomic E-state index is 5.57. The molecule has 2 aromatic heterocycles. The van der Waals surface area contributed by atoms with Crippen molar-refractivity contribution in [1.29, 1.82) is 0 Å². The molecule has 1 aliphatic rings. The molecule has 0 amide bonds. The molecule has 0 unspecified atom stereocenters. The fourth-order valence-corrected chi connectivity index (χ4v) is 11.1. The van der Waals surface area contributed by atoms with Gasteiger partial charge in [0.25, 0.3) is 0 Å². The van der Waals surface area contributed by atoms with Crippen molar-refractivity contribution in [1.82, 2.24) is 9.61 Å². The second kappa shape index (κ2) is 16.7. The Kier molecular flexibility index (Phi) is 9.73. The van der Waals surface area contributed by atoms with Crippen LogP contribution in [0.4, 0.5) is 17.1 Å². The lowest BCUT2D eigenvalue weighted by Gasteiger charge is -2.34. The van der Waals surface area contributed by atoms with Gasteiger partial charge < -0.3 is 4.90 Å². The van der Waals surface area contributed by atoms with Crippen LogP contribution in [0.1, 0.15) is 22.3 Å². The third-order valence-corrected chi connectivity index (χ3v) is 14.0. The maximum Gasteiger partial charge on any atom is 0.101 e. The molecule has 0 atom stereocenters. The number of anilines is 3. The Labute approximate surface area is 402 Å². The summed E-state index contributed by atoms with van der Waals surface area (Å²) < 4.78 is 2.19. The highest BCUT2D eigenvalue weighted by molar-refractivity contribution is 6.10. The zero-order valence-corrected chi connectivity index (χ0v) is 37.8. The molecule has 0 N–H and O–H groups in total. The highest BCUT2D eigenvalue weighted by Gasteiger charge is 2.47. The smallest absolute Gasteiger partial charge is 0.101 e. The number of hydrogen-bond donors (Lipinski definition) is 0. The van der Waals surface area contributed by atoms with Crippen molar-refractivity contribution in [2.45, 2.75) is 5.41 Å². The third kappa shape index (κ3) is 6.54. The molecule has 13 rings (SSSR count). The van der Waals surface area contributed by atoms with E-state index < -0.39 is 5.41 Å². The van der Waals surface area contributed by atoms with E-state index in [1.54, 1.807) is 0 Å². The van der Waals surface area contributed by atoms with Gasteiger partial charge in [-0.15, -0.1) is 0 Å². The van der Waals surface area contributed by atoms with E-state index in [1.165, 1.54) is 38.9 Å². The Morgan fingerprint density at radius 2 is 0.884 bits per heavy atom. The monoisotopic (exact) mass is 879 g/mol. The van der Waals surface area contributed by atoms with Crippen LogP contribution in [0.2, 0.25) is 0 Å². The van der Waals surface area contributed by atoms with Gasteiger partial charge >= 0.3 is 0 Å². The molecule has 3 heteroatoms. The minimum atomic E-state index is -0.554. The van der Waals surface area contributed by atoms with Crippen LogP contribution in [0.5, 0.6) is 0 Å². The molecule has 1 aliphatic carbocycles. The quantitative estimate of drug-likeness (QED) is 0.144. The Balaban J connectivity index is 1.14. The van der Waals surface area contributed by atoms with Gasteiger partial charge in [-0.2, -0.15) is 5.10 Å². The molecule has 0 saturated heterocycles. The fraction of sp³-hybridized carbons (Fsp3) is 0.0152. The van der Waals surface area contributed by atoms with Gasteiger partial charge in [0, 0.05) is 39.0 Å². The van der Waals surface area contributed by atoms with Gasteiger partial charge in [-0.3, -0.25) is 0 Å². The highest BCUT2D eigenvalue weighted by atomic mass is 15.2. The zero-order valence-electron chi connectivity index (χ0n) is 37.8. The second-order valence-corrected chi connectivity index (χ2v) is 17.9. The van der Waals surface area contributed by atoms with Crippen molar-refractivity contribution in [2.24, 2.45) is 0 Å². The molecule has 12 aromatic rings. The van der Waals surface area contributed by atoms with Crippen LogP contribution in [-0.2, 0) is 5.41 Å². The number of fused-ring (bicyclic) bond motifs is 6. The van der Waals surface area contributed by atoms with Crippen LogP contribution in [-0.4, -0.2) is 9.61 Å². The van der Waals surface area contributed by atoms with Crippen molar-refractivity contribution in [3.8, 4) is 55.9 Å². The van der Waals surface area contributed by atoms with Crippen LogP contribution in [0.25, 0.3) is 72.2 Å². The lowest BCUT2D eigenvalue weighted by atomic mass is 9.68. The minimum absolute atomic E-state index is 0.554. The average molecular weight is 880 g/mol. The number of hydrogen-bond acceptors (Lipinski definition) is 2. The lowest BCUT2D eigenvalue weighted by molar-refractivity contribution is 0.768. The van der Waals surface area contributed by atoms with E-state index in [9.17, 15) is 0 Å². The maximum absolute atomic E-state index is 5.57. The molecular weight excluding hydrogens is 835 g/mol. The molecule has 0 bridgehead atoms. The average Bonchev–Trinajstić information content (AvgIpc) is 3.99. The molecule has 324 valence electrons. The number of benzene rings is 10. The number of pyridine rings is 1. The molecule has 2 heterocycles. The van der Waals surface area contributed by atoms with Crippen molar-refractivity contribution >= 4 is 33.4 Å². The summed E-state index contributed by atoms with van der Waals surface area (Å²) in [7, 11) is 0. The van der Waals surface area contributed by atoms with Gasteiger partial charge in [-0.1, -0.05) is 237 Å². The lowest BCUT2D eigenvalue weighted by Crippen LogP contribution is -2.28. The molecule has 69 heavy (non-hydrogen) atoms. The van der Waals surface area contributed by atoms with E-state index in [1.807, 2.05) is 0 Å². The Morgan fingerprint density at radius 1 is 0.362 bits per heavy atom. The first-order valence-corrected chi connectivity index (χ1v) is 23.7. The standard InChI is InChI=1S/C66H45N3/c1-7-23-46(24-8-1)50-31-21-36-54(43-50)68(60-40-22-39-59-63(60)56-37-19-20-38-58(56)66(59,52-32-15-5-16-33-52)53-34-17-6-18-35-53)55-42-41-51-44-61(47-25-9-2-10-26-47)69-65(57(51)45-55)62(48-27-11-3-12-28-48)64(67-69)49-29-13-4-14-30-49/h1-45H. The first kappa shape index (κ1) is 40.2. The Morgan fingerprint density at radius 3 is 1.55 bits per heavy atom. The van der Waals surface area contributed by atoms with Crippen LogP contribution >= 0.6 is 0 Å². The second-order valence-electron chi connectivity index (χ2n) is 17.9. The summed E-state index contributed by atoms with van der Waals surface area (Å²) in [5, 5.41) is 7.82. The van der Waals surface area contributed by atoms with Gasteiger partial charge in [0.2, 0.25) is 0 Å². The van der Waals surface area contributed by atoms with Crippen molar-refractivity contribution < 1.29 is 0 Å². The van der Waals surface area contributed by atoms with E-state index in [0.717, 1.165) is 72.6 Å². The molecule has 0 radical (unpaired) electrons. The van der Waals surface area contributed by atoms with Gasteiger partial charge in [0.05, 0.1) is 22.3 Å². The molecule has 0 aliphatic heterocycles. The van der Waals surface area contributed by atoms with E-state index >= 15 is 0 Å². The first-order valence-electron chi connectivity index (χ1n) is 23.7. The summed E-state index contributed by atoms with van der Waals surface area (Å²) >= 11 is 0. The number of rotatable bonds is 9. The summed E-state index contributed by atoms with van der Waals surface area (Å²) in [5.74, 6) is 0. The predicted molar refractivity (Wildman–Crippen MR) is 286 cm³/mol. The van der Waals surface area contributed by atoms with Crippen LogP contribution in [0.15, 0.2) is 273 Å². The van der Waals surface area contributed by atoms with E-state index in [2.05, 4.69) is 282 Å². The predicted octanol–water partition coefficient (Wildman–Crippen LogP) is 17.0. The van der Waals surface area contributed by atoms with Gasteiger partial charge in [-0.05, 0) is 86.3 Å². The SMILES string of the molecule is c1ccc(-c2cccc(N(c3ccc4cc(-c5ccccc5)n5nc(-c6ccccc6)c(-c6ccccc6)c5c4c3)c3cccc4c3-c3ccccc3C4(c3ccccc3)c3ccccc3)c2)cc1. The Bertz CT molecular complexity index is 3770. The van der Waals surface area contributed by atoms with E-state index in [0.29, 0.717) is 0 Å². The molecule has 0 fully saturated rings. The summed E-state index contributed by atoms with van der Waals surface area (Å²) in [4.78, 5) is 2.49. The van der Waals surface area contributed by atoms with Gasteiger partial charge in [-0.25, -0.2) is 4.52 Å². The van der Waals surface area contributed by atoms with Crippen molar-refractivity contribution in [2.75, 3.05) is 4.90 Å². The summed E-state index contributed by atoms with van der Waals surface area (Å²) in [6.45, 7) is 0. The van der Waals surface area contributed by atoms with E-state index in [4.69, 9.17) is 5.10 Å². The largest absolute Gasteiger partial charge is 0.310 e. The van der Waals surface area contributed by atoms with Gasteiger partial charge in [0.15, 0.2) is 0 Å². The minimum Gasteiger partial charge on any atom is -0.310 e. The molecular formula is C66H45N3.